The zero-order chi connectivity index (χ0) is 16.9. The molecular weight excluding hydrogens is 296 g/mol. The minimum Gasteiger partial charge on any atom is -0.444 e. The topological polar surface area (TPSA) is 83.6 Å². The molecule has 7 nitrogen and oxygen atoms in total. The van der Waals surface area contributed by atoms with Crippen LogP contribution >= 0.6 is 0 Å². The first kappa shape index (κ1) is 17.1. The van der Waals surface area contributed by atoms with Gasteiger partial charge in [0.25, 0.3) is 0 Å². The zero-order valence-corrected chi connectivity index (χ0v) is 13.8. The average Bonchev–Trinajstić information content (AvgIpc) is 2.93. The second-order valence-corrected chi connectivity index (χ2v) is 6.60. The van der Waals surface area contributed by atoms with E-state index in [4.69, 9.17) is 4.74 Å². The van der Waals surface area contributed by atoms with Crippen molar-refractivity contribution in [3.05, 3.63) is 30.1 Å². The summed E-state index contributed by atoms with van der Waals surface area (Å²) in [5, 5.41) is 5.66. The van der Waals surface area contributed by atoms with Crippen molar-refractivity contribution in [2.45, 2.75) is 45.4 Å². The maximum atomic E-state index is 12.0. The van der Waals surface area contributed by atoms with Crippen LogP contribution in [0, 0.1) is 0 Å². The minimum absolute atomic E-state index is 0.0589. The number of urea groups is 1. The highest BCUT2D eigenvalue weighted by Gasteiger charge is 2.30. The molecule has 2 rings (SSSR count). The molecule has 1 saturated heterocycles. The summed E-state index contributed by atoms with van der Waals surface area (Å²) in [6.45, 7) is 6.98. The molecule has 1 aliphatic rings. The Morgan fingerprint density at radius 2 is 2.22 bits per heavy atom. The Labute approximate surface area is 136 Å². The SMILES string of the molecule is CC(C)(C)OC(=O)N1CC[C@@H](NC(=O)NCc2cccnc2)C1. The molecule has 23 heavy (non-hydrogen) atoms. The smallest absolute Gasteiger partial charge is 0.410 e. The fourth-order valence-electron chi connectivity index (χ4n) is 2.29. The molecule has 1 aliphatic heterocycles. The van der Waals surface area contributed by atoms with E-state index < -0.39 is 5.60 Å². The Kier molecular flexibility index (Phi) is 5.41. The van der Waals surface area contributed by atoms with Crippen LogP contribution in [0.4, 0.5) is 9.59 Å². The monoisotopic (exact) mass is 320 g/mol. The van der Waals surface area contributed by atoms with Gasteiger partial charge in [0.1, 0.15) is 5.60 Å². The molecule has 0 saturated carbocycles. The first-order valence-corrected chi connectivity index (χ1v) is 7.75. The number of aromatic nitrogens is 1. The van der Waals surface area contributed by atoms with Gasteiger partial charge in [-0.05, 0) is 38.8 Å². The normalized spacial score (nSPS) is 17.7. The second-order valence-electron chi connectivity index (χ2n) is 6.60. The maximum Gasteiger partial charge on any atom is 0.410 e. The lowest BCUT2D eigenvalue weighted by Gasteiger charge is -2.24. The van der Waals surface area contributed by atoms with E-state index in [0.29, 0.717) is 19.6 Å². The quantitative estimate of drug-likeness (QED) is 0.891. The number of nitrogens with one attached hydrogen (secondary N) is 2. The predicted octanol–water partition coefficient (Wildman–Crippen LogP) is 1.89. The first-order chi connectivity index (χ1) is 10.8. The molecule has 0 unspecified atom stereocenters. The third-order valence-corrected chi connectivity index (χ3v) is 3.35. The molecular formula is C16H24N4O3. The van der Waals surface area contributed by atoms with E-state index in [9.17, 15) is 9.59 Å². The van der Waals surface area contributed by atoms with Gasteiger partial charge in [-0.15, -0.1) is 0 Å². The lowest BCUT2D eigenvalue weighted by atomic mass is 10.2. The van der Waals surface area contributed by atoms with Gasteiger partial charge in [0.15, 0.2) is 0 Å². The molecule has 1 aromatic rings. The van der Waals surface area contributed by atoms with Crippen molar-refractivity contribution in [1.82, 2.24) is 20.5 Å². The summed E-state index contributed by atoms with van der Waals surface area (Å²) >= 11 is 0. The molecule has 126 valence electrons. The summed E-state index contributed by atoms with van der Waals surface area (Å²) in [6, 6.07) is 3.42. The predicted molar refractivity (Wildman–Crippen MR) is 85.8 cm³/mol. The van der Waals surface area contributed by atoms with Gasteiger partial charge in [-0.25, -0.2) is 9.59 Å². The van der Waals surface area contributed by atoms with Crippen LogP contribution in [0.5, 0.6) is 0 Å². The van der Waals surface area contributed by atoms with Gasteiger partial charge in [-0.1, -0.05) is 6.07 Å². The number of hydrogen-bond donors (Lipinski definition) is 2. The third kappa shape index (κ3) is 5.77. The van der Waals surface area contributed by atoms with Crippen molar-refractivity contribution in [1.29, 1.82) is 0 Å². The van der Waals surface area contributed by atoms with Crippen LogP contribution in [-0.2, 0) is 11.3 Å². The highest BCUT2D eigenvalue weighted by atomic mass is 16.6. The molecule has 7 heteroatoms. The molecule has 0 aromatic carbocycles. The van der Waals surface area contributed by atoms with Crippen LogP contribution in [0.1, 0.15) is 32.8 Å². The number of carbonyl (C=O) groups is 2. The lowest BCUT2D eigenvalue weighted by Crippen LogP contribution is -2.44. The van der Waals surface area contributed by atoms with E-state index in [2.05, 4.69) is 15.6 Å². The summed E-state index contributed by atoms with van der Waals surface area (Å²) in [6.07, 6.45) is 3.78. The van der Waals surface area contributed by atoms with Gasteiger partial charge < -0.3 is 20.3 Å². The number of rotatable bonds is 3. The number of nitrogens with zero attached hydrogens (tertiary/aromatic N) is 2. The maximum absolute atomic E-state index is 12.0. The molecule has 1 atom stereocenters. The number of amides is 3. The van der Waals surface area contributed by atoms with E-state index in [0.717, 1.165) is 12.0 Å². The van der Waals surface area contributed by atoms with Gasteiger partial charge in [-0.2, -0.15) is 0 Å². The standard InChI is InChI=1S/C16H24N4O3/c1-16(2,3)23-15(22)20-8-6-13(11-20)19-14(21)18-10-12-5-4-7-17-9-12/h4-5,7,9,13H,6,8,10-11H2,1-3H3,(H2,18,19,21)/t13-/m1/s1. The van der Waals surface area contributed by atoms with Crippen molar-refractivity contribution in [3.8, 4) is 0 Å². The van der Waals surface area contributed by atoms with E-state index in [-0.39, 0.29) is 18.2 Å². The van der Waals surface area contributed by atoms with Crippen LogP contribution in [0.15, 0.2) is 24.5 Å². The van der Waals surface area contributed by atoms with Gasteiger partial charge >= 0.3 is 12.1 Å². The van der Waals surface area contributed by atoms with Crippen molar-refractivity contribution < 1.29 is 14.3 Å². The molecule has 2 heterocycles. The minimum atomic E-state index is -0.510. The summed E-state index contributed by atoms with van der Waals surface area (Å²) in [5.41, 5.74) is 0.424. The average molecular weight is 320 g/mol. The zero-order valence-electron chi connectivity index (χ0n) is 13.8. The van der Waals surface area contributed by atoms with Crippen molar-refractivity contribution in [3.63, 3.8) is 0 Å². The van der Waals surface area contributed by atoms with Crippen molar-refractivity contribution in [2.24, 2.45) is 0 Å². The van der Waals surface area contributed by atoms with Crippen LogP contribution in [0.2, 0.25) is 0 Å². The van der Waals surface area contributed by atoms with E-state index in [1.165, 1.54) is 0 Å². The summed E-state index contributed by atoms with van der Waals surface area (Å²) in [7, 11) is 0. The molecule has 0 bridgehead atoms. The molecule has 1 fully saturated rings. The van der Waals surface area contributed by atoms with E-state index >= 15 is 0 Å². The number of ether oxygens (including phenoxy) is 1. The second kappa shape index (κ2) is 7.30. The largest absolute Gasteiger partial charge is 0.444 e. The highest BCUT2D eigenvalue weighted by molar-refractivity contribution is 5.74. The molecule has 0 aliphatic carbocycles. The van der Waals surface area contributed by atoms with Gasteiger partial charge in [0.2, 0.25) is 0 Å². The first-order valence-electron chi connectivity index (χ1n) is 7.75. The fourth-order valence-corrected chi connectivity index (χ4v) is 2.29. The molecule has 1 aromatic heterocycles. The number of pyridine rings is 1. The molecule has 2 N–H and O–H groups in total. The van der Waals surface area contributed by atoms with E-state index in [1.807, 2.05) is 32.9 Å². The van der Waals surface area contributed by atoms with Gasteiger partial charge in [0, 0.05) is 38.1 Å². The Morgan fingerprint density at radius 3 is 2.87 bits per heavy atom. The summed E-state index contributed by atoms with van der Waals surface area (Å²) in [5.74, 6) is 0. The number of likely N-dealkylation sites (tertiary alicyclic amines) is 1. The Bertz CT molecular complexity index is 542. The Hall–Kier alpha value is -2.31. The van der Waals surface area contributed by atoms with Crippen LogP contribution in [0.25, 0.3) is 0 Å². The highest BCUT2D eigenvalue weighted by Crippen LogP contribution is 2.15. The Balaban J connectivity index is 1.72. The third-order valence-electron chi connectivity index (χ3n) is 3.35. The van der Waals surface area contributed by atoms with Crippen LogP contribution in [0.3, 0.4) is 0 Å². The van der Waals surface area contributed by atoms with Crippen molar-refractivity contribution in [2.75, 3.05) is 13.1 Å². The van der Waals surface area contributed by atoms with E-state index in [1.54, 1.807) is 17.3 Å². The summed E-state index contributed by atoms with van der Waals surface area (Å²) in [4.78, 5) is 29.5. The number of hydrogen-bond acceptors (Lipinski definition) is 4. The van der Waals surface area contributed by atoms with Gasteiger partial charge in [0.05, 0.1) is 0 Å². The summed E-state index contributed by atoms with van der Waals surface area (Å²) < 4.78 is 5.33. The van der Waals surface area contributed by atoms with Crippen molar-refractivity contribution >= 4 is 12.1 Å². The van der Waals surface area contributed by atoms with Crippen LogP contribution in [-0.4, -0.2) is 46.7 Å². The lowest BCUT2D eigenvalue weighted by molar-refractivity contribution is 0.0291. The molecule has 0 spiro atoms. The van der Waals surface area contributed by atoms with Gasteiger partial charge in [-0.3, -0.25) is 4.98 Å². The Morgan fingerprint density at radius 1 is 1.43 bits per heavy atom. The fraction of sp³-hybridized carbons (Fsp3) is 0.562. The molecule has 0 radical (unpaired) electrons. The number of carbonyl (C=O) groups excluding carboxylic acids is 2. The molecule has 3 amide bonds. The van der Waals surface area contributed by atoms with Crippen LogP contribution < -0.4 is 10.6 Å².